The molecule has 0 unspecified atom stereocenters. The van der Waals surface area contributed by atoms with E-state index in [1.807, 2.05) is 0 Å². The fourth-order valence-corrected chi connectivity index (χ4v) is 2.01. The summed E-state index contributed by atoms with van der Waals surface area (Å²) < 4.78 is 14.7. The fraction of sp³-hybridized carbons (Fsp3) is 0.231. The maximum Gasteiger partial charge on any atom is 0.312 e. The van der Waals surface area contributed by atoms with Crippen LogP contribution in [-0.4, -0.2) is 20.5 Å². The van der Waals surface area contributed by atoms with E-state index in [1.165, 1.54) is 36.7 Å². The van der Waals surface area contributed by atoms with Gasteiger partial charge in [-0.3, -0.25) is 19.6 Å². The van der Waals surface area contributed by atoms with Crippen LogP contribution in [0.4, 0.5) is 10.1 Å². The molecule has 1 aromatic heterocycles. The lowest BCUT2D eigenvalue weighted by Gasteiger charge is -2.04. The van der Waals surface area contributed by atoms with Crippen LogP contribution >= 0.6 is 0 Å². The number of Topliss-reactive ketones (excluding diaryl/α,β-unsaturated/α-hetero) is 1. The number of aromatic nitrogens is 2. The first-order valence-corrected chi connectivity index (χ1v) is 5.88. The minimum atomic E-state index is -0.617. The lowest BCUT2D eigenvalue weighted by Crippen LogP contribution is -2.14. The zero-order valence-electron chi connectivity index (χ0n) is 11.0. The third-order valence-electron chi connectivity index (χ3n) is 2.99. The Morgan fingerprint density at radius 1 is 1.40 bits per heavy atom. The van der Waals surface area contributed by atoms with Gasteiger partial charge in [0.2, 0.25) is 0 Å². The van der Waals surface area contributed by atoms with E-state index in [1.54, 1.807) is 6.07 Å². The SMILES string of the molecule is Cc1nn(CC(=O)c2ccccc2F)c(C)c1[N+](=O)[O-]. The molecule has 6 nitrogen and oxygen atoms in total. The average Bonchev–Trinajstić information content (AvgIpc) is 2.64. The molecule has 0 amide bonds. The van der Waals surface area contributed by atoms with E-state index in [0.717, 1.165) is 0 Å². The monoisotopic (exact) mass is 277 g/mol. The van der Waals surface area contributed by atoms with Crippen molar-refractivity contribution >= 4 is 11.5 Å². The predicted octanol–water partition coefficient (Wildman–Crippen LogP) is 2.43. The van der Waals surface area contributed by atoms with Gasteiger partial charge in [0, 0.05) is 0 Å². The molecule has 20 heavy (non-hydrogen) atoms. The Labute approximate surface area is 114 Å². The molecule has 2 rings (SSSR count). The summed E-state index contributed by atoms with van der Waals surface area (Å²) in [5.74, 6) is -1.10. The fourth-order valence-electron chi connectivity index (χ4n) is 2.01. The predicted molar refractivity (Wildman–Crippen MR) is 69.1 cm³/mol. The smallest absolute Gasteiger partial charge is 0.292 e. The number of ketones is 1. The Balaban J connectivity index is 2.32. The molecule has 0 spiro atoms. The minimum absolute atomic E-state index is 0.0530. The van der Waals surface area contributed by atoms with Crippen LogP contribution in [0.3, 0.4) is 0 Å². The van der Waals surface area contributed by atoms with Crippen molar-refractivity contribution in [2.75, 3.05) is 0 Å². The van der Waals surface area contributed by atoms with Crippen LogP contribution in [0.1, 0.15) is 21.7 Å². The summed E-state index contributed by atoms with van der Waals surface area (Å²) >= 11 is 0. The van der Waals surface area contributed by atoms with Crippen molar-refractivity contribution in [2.45, 2.75) is 20.4 Å². The molecule has 0 bridgehead atoms. The molecule has 0 N–H and O–H groups in total. The van der Waals surface area contributed by atoms with E-state index in [4.69, 9.17) is 0 Å². The van der Waals surface area contributed by atoms with E-state index in [9.17, 15) is 19.3 Å². The maximum atomic E-state index is 13.5. The number of rotatable bonds is 4. The molecule has 0 radical (unpaired) electrons. The maximum absolute atomic E-state index is 13.5. The molecule has 104 valence electrons. The molecule has 1 aromatic carbocycles. The summed E-state index contributed by atoms with van der Waals surface area (Å²) in [5, 5.41) is 14.8. The van der Waals surface area contributed by atoms with Gasteiger partial charge in [-0.05, 0) is 26.0 Å². The second kappa shape index (κ2) is 5.20. The largest absolute Gasteiger partial charge is 0.312 e. The summed E-state index contributed by atoms with van der Waals surface area (Å²) in [6.07, 6.45) is 0. The highest BCUT2D eigenvalue weighted by molar-refractivity contribution is 5.96. The van der Waals surface area contributed by atoms with Crippen LogP contribution in [0.25, 0.3) is 0 Å². The van der Waals surface area contributed by atoms with Crippen LogP contribution in [-0.2, 0) is 6.54 Å². The Kier molecular flexibility index (Phi) is 3.60. The number of carbonyl (C=O) groups is 1. The highest BCUT2D eigenvalue weighted by atomic mass is 19.1. The highest BCUT2D eigenvalue weighted by Crippen LogP contribution is 2.22. The zero-order chi connectivity index (χ0) is 14.9. The Hall–Kier alpha value is -2.57. The summed E-state index contributed by atoms with van der Waals surface area (Å²) in [6.45, 7) is 2.77. The van der Waals surface area contributed by atoms with E-state index in [-0.39, 0.29) is 29.2 Å². The number of benzene rings is 1. The van der Waals surface area contributed by atoms with Crippen molar-refractivity contribution in [2.24, 2.45) is 0 Å². The number of aryl methyl sites for hydroxylation is 1. The standard InChI is InChI=1S/C13H12FN3O3/c1-8-13(17(19)20)9(2)16(15-8)7-12(18)10-5-3-4-6-11(10)14/h3-6H,7H2,1-2H3. The number of hydrogen-bond donors (Lipinski definition) is 0. The normalized spacial score (nSPS) is 10.6. The first kappa shape index (κ1) is 13.9. The van der Waals surface area contributed by atoms with Crippen molar-refractivity contribution in [3.05, 3.63) is 57.1 Å². The van der Waals surface area contributed by atoms with E-state index in [2.05, 4.69) is 5.10 Å². The van der Waals surface area contributed by atoms with Gasteiger partial charge in [0.05, 0.1) is 10.5 Å². The molecule has 0 atom stereocenters. The van der Waals surface area contributed by atoms with Gasteiger partial charge in [-0.15, -0.1) is 0 Å². The molecule has 0 aliphatic heterocycles. The Morgan fingerprint density at radius 2 is 2.05 bits per heavy atom. The third-order valence-corrected chi connectivity index (χ3v) is 2.99. The van der Waals surface area contributed by atoms with Crippen molar-refractivity contribution in [3.8, 4) is 0 Å². The first-order valence-electron chi connectivity index (χ1n) is 5.88. The number of nitro groups is 1. The zero-order valence-corrected chi connectivity index (χ0v) is 11.0. The van der Waals surface area contributed by atoms with Gasteiger partial charge in [-0.25, -0.2) is 4.39 Å². The second-order valence-corrected chi connectivity index (χ2v) is 4.34. The molecule has 0 aliphatic rings. The summed E-state index contributed by atoms with van der Waals surface area (Å²) in [5.41, 5.74) is 0.333. The van der Waals surface area contributed by atoms with Crippen molar-refractivity contribution < 1.29 is 14.1 Å². The minimum Gasteiger partial charge on any atom is -0.292 e. The number of carbonyl (C=O) groups excluding carboxylic acids is 1. The average molecular weight is 277 g/mol. The van der Waals surface area contributed by atoms with Crippen LogP contribution < -0.4 is 0 Å². The van der Waals surface area contributed by atoms with Crippen LogP contribution in [0.15, 0.2) is 24.3 Å². The molecule has 7 heteroatoms. The summed E-state index contributed by atoms with van der Waals surface area (Å²) in [4.78, 5) is 22.3. The lowest BCUT2D eigenvalue weighted by molar-refractivity contribution is -0.386. The van der Waals surface area contributed by atoms with Gasteiger partial charge >= 0.3 is 5.69 Å². The van der Waals surface area contributed by atoms with Crippen molar-refractivity contribution in [3.63, 3.8) is 0 Å². The van der Waals surface area contributed by atoms with E-state index >= 15 is 0 Å². The van der Waals surface area contributed by atoms with Gasteiger partial charge in [-0.2, -0.15) is 5.10 Å². The number of hydrogen-bond acceptors (Lipinski definition) is 4. The first-order chi connectivity index (χ1) is 9.41. The molecular formula is C13H12FN3O3. The molecule has 0 aliphatic carbocycles. The highest BCUT2D eigenvalue weighted by Gasteiger charge is 2.23. The second-order valence-electron chi connectivity index (χ2n) is 4.34. The van der Waals surface area contributed by atoms with Crippen molar-refractivity contribution in [1.82, 2.24) is 9.78 Å². The molecule has 1 heterocycles. The van der Waals surface area contributed by atoms with Crippen LogP contribution in [0.5, 0.6) is 0 Å². The van der Waals surface area contributed by atoms with Gasteiger partial charge in [-0.1, -0.05) is 12.1 Å². The van der Waals surface area contributed by atoms with Gasteiger partial charge in [0.1, 0.15) is 23.7 Å². The van der Waals surface area contributed by atoms with Crippen LogP contribution in [0, 0.1) is 29.8 Å². The van der Waals surface area contributed by atoms with E-state index < -0.39 is 16.5 Å². The molecule has 0 saturated carbocycles. The molecule has 0 saturated heterocycles. The molecule has 2 aromatic rings. The topological polar surface area (TPSA) is 78.0 Å². The van der Waals surface area contributed by atoms with Crippen LogP contribution in [0.2, 0.25) is 0 Å². The summed E-state index contributed by atoms with van der Waals surface area (Å²) in [6, 6.07) is 5.61. The Bertz CT molecular complexity index is 694. The molecule has 0 fully saturated rings. The summed E-state index contributed by atoms with van der Waals surface area (Å²) in [7, 11) is 0. The van der Waals surface area contributed by atoms with Crippen molar-refractivity contribution in [1.29, 1.82) is 0 Å². The van der Waals surface area contributed by atoms with E-state index in [0.29, 0.717) is 0 Å². The lowest BCUT2D eigenvalue weighted by atomic mass is 10.1. The van der Waals surface area contributed by atoms with Gasteiger partial charge < -0.3 is 0 Å². The molecular weight excluding hydrogens is 265 g/mol. The third kappa shape index (κ3) is 2.42. The van der Waals surface area contributed by atoms with Gasteiger partial charge in [0.25, 0.3) is 0 Å². The Morgan fingerprint density at radius 3 is 2.60 bits per heavy atom. The quantitative estimate of drug-likeness (QED) is 0.488. The number of halogens is 1. The van der Waals surface area contributed by atoms with Gasteiger partial charge in [0.15, 0.2) is 5.78 Å². The number of nitrogens with zero attached hydrogens (tertiary/aromatic N) is 3.